The van der Waals surface area contributed by atoms with Crippen LogP contribution in [0.15, 0.2) is 81.9 Å². The Morgan fingerprint density at radius 3 is 2.58 bits per heavy atom. The third kappa shape index (κ3) is 2.31. The summed E-state index contributed by atoms with van der Waals surface area (Å²) in [5, 5.41) is 8.58. The highest BCUT2D eigenvalue weighted by atomic mass is 35.5. The molecule has 0 saturated carbocycles. The number of rotatable bonds is 1. The van der Waals surface area contributed by atoms with Crippen LogP contribution < -0.4 is 5.32 Å². The Morgan fingerprint density at radius 1 is 1.03 bits per heavy atom. The highest BCUT2D eigenvalue weighted by molar-refractivity contribution is 6.46. The molecule has 0 unspecified atom stereocenters. The van der Waals surface area contributed by atoms with Crippen molar-refractivity contribution in [1.82, 2.24) is 14.7 Å². The number of aryl methyl sites for hydroxylation is 1. The van der Waals surface area contributed by atoms with Gasteiger partial charge in [0, 0.05) is 17.5 Å². The number of nitrogens with zero attached hydrogens (tertiary/aromatic N) is 4. The number of halogens is 2. The first-order valence-corrected chi connectivity index (χ1v) is 10.5. The normalized spacial score (nSPS) is 21.1. The van der Waals surface area contributed by atoms with E-state index >= 15 is 0 Å². The molecule has 0 bridgehead atoms. The average Bonchev–Trinajstić information content (AvgIpc) is 3.25. The summed E-state index contributed by atoms with van der Waals surface area (Å²) in [5.41, 5.74) is 2.56. The van der Waals surface area contributed by atoms with Gasteiger partial charge in [0.25, 0.3) is 5.91 Å². The molecular formula is C23H15Cl2N5O. The van der Waals surface area contributed by atoms with Crippen molar-refractivity contribution in [3.8, 4) is 5.69 Å². The summed E-state index contributed by atoms with van der Waals surface area (Å²) in [6, 6.07) is 17.3. The molecule has 4 heterocycles. The molecule has 1 amide bonds. The molecule has 1 spiro atoms. The number of para-hydroxylation sites is 2. The van der Waals surface area contributed by atoms with E-state index in [4.69, 9.17) is 33.3 Å². The number of amides is 1. The van der Waals surface area contributed by atoms with Gasteiger partial charge in [-0.05, 0) is 31.2 Å². The van der Waals surface area contributed by atoms with Gasteiger partial charge in [-0.1, -0.05) is 59.6 Å². The third-order valence-electron chi connectivity index (χ3n) is 5.82. The lowest BCUT2D eigenvalue weighted by molar-refractivity contribution is -0.122. The highest BCUT2D eigenvalue weighted by Gasteiger charge is 2.59. The van der Waals surface area contributed by atoms with Gasteiger partial charge in [0.15, 0.2) is 17.2 Å². The van der Waals surface area contributed by atoms with Crippen molar-refractivity contribution in [2.24, 2.45) is 4.99 Å². The number of fused-ring (bicyclic) bond motifs is 6. The molecule has 6 nitrogen and oxygen atoms in total. The van der Waals surface area contributed by atoms with Gasteiger partial charge in [0.1, 0.15) is 0 Å². The minimum absolute atomic E-state index is 0.204. The number of carbonyl (C=O) groups is 1. The van der Waals surface area contributed by atoms with Gasteiger partial charge in [-0.25, -0.2) is 9.67 Å². The number of hydrogen-bond acceptors (Lipinski definition) is 4. The zero-order chi connectivity index (χ0) is 21.3. The first-order chi connectivity index (χ1) is 15.0. The lowest BCUT2D eigenvalue weighted by atomic mass is 9.80. The Bertz CT molecular complexity index is 1370. The number of allylic oxidation sites excluding steroid dienone is 2. The summed E-state index contributed by atoms with van der Waals surface area (Å²) in [4.78, 5) is 20.4. The number of benzene rings is 2. The summed E-state index contributed by atoms with van der Waals surface area (Å²) in [5.74, 6) is 0.812. The van der Waals surface area contributed by atoms with Crippen LogP contribution in [0.3, 0.4) is 0 Å². The molecule has 152 valence electrons. The SMILES string of the molecule is Cc1nn(-c2ccccc2)c2c1[C@]1(C(=O)Nc3ccccc31)N1C=C(Cl)C=C(Cl)C1=N2. The number of anilines is 1. The van der Waals surface area contributed by atoms with Gasteiger partial charge in [-0.15, -0.1) is 0 Å². The Balaban J connectivity index is 1.75. The van der Waals surface area contributed by atoms with Crippen molar-refractivity contribution in [3.63, 3.8) is 0 Å². The monoisotopic (exact) mass is 447 g/mol. The fraction of sp³-hybridized carbons (Fsp3) is 0.0870. The van der Waals surface area contributed by atoms with Crippen LogP contribution in [0.4, 0.5) is 11.5 Å². The molecule has 1 atom stereocenters. The second-order valence-corrected chi connectivity index (χ2v) is 8.40. The molecule has 0 fully saturated rings. The van der Waals surface area contributed by atoms with Gasteiger partial charge < -0.3 is 10.2 Å². The molecular weight excluding hydrogens is 433 g/mol. The molecule has 0 radical (unpaired) electrons. The standard InChI is InChI=1S/C23H15Cl2N5O/c1-13-19-21(30(28-13)15-7-3-2-4-8-15)27-20-17(25)11-14(24)12-29(20)23(19)16-9-5-6-10-18(16)26-22(23)31/h2-12H,1H3,(H,26,31)/t23-/m1/s1. The maximum Gasteiger partial charge on any atom is 0.260 e. The Morgan fingerprint density at radius 2 is 1.77 bits per heavy atom. The van der Waals surface area contributed by atoms with E-state index in [1.165, 1.54) is 0 Å². The second-order valence-electron chi connectivity index (χ2n) is 7.55. The maximum absolute atomic E-state index is 13.8. The van der Waals surface area contributed by atoms with Gasteiger partial charge in [-0.3, -0.25) is 4.79 Å². The van der Waals surface area contributed by atoms with E-state index in [2.05, 4.69) is 5.32 Å². The lowest BCUT2D eigenvalue weighted by Crippen LogP contribution is -2.54. The molecule has 6 rings (SSSR count). The molecule has 0 aliphatic carbocycles. The fourth-order valence-electron chi connectivity index (χ4n) is 4.63. The second kappa shape index (κ2) is 6.33. The molecule has 1 aromatic heterocycles. The molecule has 1 N–H and O–H groups in total. The molecule has 3 aromatic rings. The van der Waals surface area contributed by atoms with E-state index in [1.54, 1.807) is 21.9 Å². The van der Waals surface area contributed by atoms with E-state index in [-0.39, 0.29) is 5.91 Å². The van der Waals surface area contributed by atoms with Crippen molar-refractivity contribution >= 4 is 46.4 Å². The number of carbonyl (C=O) groups excluding carboxylic acids is 1. The number of amidine groups is 1. The van der Waals surface area contributed by atoms with E-state index in [0.29, 0.717) is 33.0 Å². The number of aliphatic imine (C=N–C) groups is 1. The van der Waals surface area contributed by atoms with Crippen LogP contribution in [0.5, 0.6) is 0 Å². The first-order valence-electron chi connectivity index (χ1n) is 9.71. The van der Waals surface area contributed by atoms with Crippen LogP contribution in [0.25, 0.3) is 5.69 Å². The number of hydrogen-bond donors (Lipinski definition) is 1. The first kappa shape index (κ1) is 18.4. The van der Waals surface area contributed by atoms with Crippen LogP contribution in [0, 0.1) is 6.92 Å². The quantitative estimate of drug-likeness (QED) is 0.574. The predicted octanol–water partition coefficient (Wildman–Crippen LogP) is 4.94. The van der Waals surface area contributed by atoms with E-state index in [1.807, 2.05) is 61.5 Å². The minimum Gasteiger partial charge on any atom is -0.323 e. The smallest absolute Gasteiger partial charge is 0.260 e. The summed E-state index contributed by atoms with van der Waals surface area (Å²) >= 11 is 13.0. The van der Waals surface area contributed by atoms with Crippen molar-refractivity contribution in [2.75, 3.05) is 5.32 Å². The topological polar surface area (TPSA) is 62.5 Å². The van der Waals surface area contributed by atoms with Crippen LogP contribution in [0.1, 0.15) is 16.8 Å². The lowest BCUT2D eigenvalue weighted by Gasteiger charge is -2.43. The van der Waals surface area contributed by atoms with Crippen LogP contribution in [0.2, 0.25) is 0 Å². The summed E-state index contributed by atoms with van der Waals surface area (Å²) in [7, 11) is 0. The molecule has 3 aliphatic rings. The van der Waals surface area contributed by atoms with Gasteiger partial charge >= 0.3 is 0 Å². The van der Waals surface area contributed by atoms with Crippen molar-refractivity contribution in [3.05, 3.63) is 93.8 Å². The maximum atomic E-state index is 13.8. The van der Waals surface area contributed by atoms with Gasteiger partial charge in [0.05, 0.1) is 27.0 Å². The Kier molecular flexibility index (Phi) is 3.76. The number of nitrogens with one attached hydrogen (secondary N) is 1. The highest BCUT2D eigenvalue weighted by Crippen LogP contribution is 2.54. The Hall–Kier alpha value is -3.35. The molecule has 3 aliphatic heterocycles. The molecule has 2 aromatic carbocycles. The summed E-state index contributed by atoms with van der Waals surface area (Å²) in [6.45, 7) is 1.89. The van der Waals surface area contributed by atoms with Crippen molar-refractivity contribution in [1.29, 1.82) is 0 Å². The minimum atomic E-state index is -1.23. The predicted molar refractivity (Wildman–Crippen MR) is 121 cm³/mol. The van der Waals surface area contributed by atoms with E-state index < -0.39 is 5.54 Å². The zero-order valence-corrected chi connectivity index (χ0v) is 17.8. The largest absolute Gasteiger partial charge is 0.323 e. The Labute approximate surface area is 188 Å². The van der Waals surface area contributed by atoms with Gasteiger partial charge in [0.2, 0.25) is 0 Å². The van der Waals surface area contributed by atoms with Crippen LogP contribution >= 0.6 is 23.2 Å². The summed E-state index contributed by atoms with van der Waals surface area (Å²) in [6.07, 6.45) is 3.34. The average molecular weight is 448 g/mol. The van der Waals surface area contributed by atoms with Crippen molar-refractivity contribution < 1.29 is 4.79 Å². The zero-order valence-electron chi connectivity index (χ0n) is 16.3. The number of aromatic nitrogens is 2. The molecule has 8 heteroatoms. The summed E-state index contributed by atoms with van der Waals surface area (Å²) < 4.78 is 1.76. The van der Waals surface area contributed by atoms with E-state index in [0.717, 1.165) is 16.9 Å². The van der Waals surface area contributed by atoms with Crippen LogP contribution in [-0.4, -0.2) is 26.4 Å². The van der Waals surface area contributed by atoms with Gasteiger partial charge in [-0.2, -0.15) is 5.10 Å². The molecule has 31 heavy (non-hydrogen) atoms. The van der Waals surface area contributed by atoms with Crippen LogP contribution in [-0.2, 0) is 10.3 Å². The fourth-order valence-corrected chi connectivity index (χ4v) is 5.14. The van der Waals surface area contributed by atoms with E-state index in [9.17, 15) is 4.79 Å². The molecule has 0 saturated heterocycles. The third-order valence-corrected chi connectivity index (χ3v) is 6.31. The van der Waals surface area contributed by atoms with Crippen molar-refractivity contribution in [2.45, 2.75) is 12.5 Å².